The Morgan fingerprint density at radius 3 is 2.32 bits per heavy atom. The van der Waals surface area contributed by atoms with Gasteiger partial charge in [-0.3, -0.25) is 14.4 Å². The van der Waals surface area contributed by atoms with Crippen LogP contribution in [0.5, 0.6) is 5.75 Å². The van der Waals surface area contributed by atoms with Crippen LogP contribution >= 0.6 is 0 Å². The van der Waals surface area contributed by atoms with E-state index in [9.17, 15) is 14.4 Å². The Labute approximate surface area is 128 Å². The van der Waals surface area contributed by atoms with Crippen LogP contribution in [-0.4, -0.2) is 44.0 Å². The van der Waals surface area contributed by atoms with Crippen molar-refractivity contribution in [2.45, 2.75) is 6.92 Å². The van der Waals surface area contributed by atoms with E-state index in [1.165, 1.54) is 0 Å². The summed E-state index contributed by atoms with van der Waals surface area (Å²) in [6, 6.07) is 6.53. The minimum Gasteiger partial charge on any atom is -0.484 e. The molecule has 22 heavy (non-hydrogen) atoms. The second-order valence-electron chi connectivity index (χ2n) is 4.30. The molecular weight excluding hydrogens is 288 g/mol. The molecule has 0 aromatic heterocycles. The van der Waals surface area contributed by atoms with Crippen LogP contribution in [0.2, 0.25) is 0 Å². The lowest BCUT2D eigenvalue weighted by molar-refractivity contribution is -0.123. The van der Waals surface area contributed by atoms with Gasteiger partial charge in [0.2, 0.25) is 11.8 Å². The summed E-state index contributed by atoms with van der Waals surface area (Å²) in [6.07, 6.45) is 0. The zero-order chi connectivity index (χ0) is 16.4. The number of amides is 3. The highest BCUT2D eigenvalue weighted by Crippen LogP contribution is 2.15. The number of nitrogens with two attached hydrogens (primary N) is 1. The maximum absolute atomic E-state index is 11.6. The summed E-state index contributed by atoms with van der Waals surface area (Å²) in [4.78, 5) is 33.7. The Morgan fingerprint density at radius 2 is 1.73 bits per heavy atom. The predicted octanol–water partition coefficient (Wildman–Crippen LogP) is -0.785. The highest BCUT2D eigenvalue weighted by atomic mass is 16.5. The van der Waals surface area contributed by atoms with E-state index in [2.05, 4.69) is 16.0 Å². The largest absolute Gasteiger partial charge is 0.484 e. The third kappa shape index (κ3) is 6.71. The zero-order valence-corrected chi connectivity index (χ0v) is 12.3. The summed E-state index contributed by atoms with van der Waals surface area (Å²) in [6.45, 7) is 2.00. The third-order valence-corrected chi connectivity index (χ3v) is 2.51. The third-order valence-electron chi connectivity index (χ3n) is 2.51. The maximum atomic E-state index is 11.6. The number of rotatable bonds is 8. The molecule has 8 heteroatoms. The number of carbonyl (C=O) groups excluding carboxylic acids is 3. The second kappa shape index (κ2) is 9.35. The molecule has 0 aliphatic heterocycles. The first-order valence-corrected chi connectivity index (χ1v) is 6.81. The molecule has 0 saturated carbocycles. The molecule has 120 valence electrons. The first-order valence-electron chi connectivity index (χ1n) is 6.81. The number of hydrogen-bond acceptors (Lipinski definition) is 5. The average Bonchev–Trinajstić information content (AvgIpc) is 2.52. The van der Waals surface area contributed by atoms with Crippen LogP contribution in [0.15, 0.2) is 24.3 Å². The van der Waals surface area contributed by atoms with Crippen LogP contribution in [0.25, 0.3) is 0 Å². The predicted molar refractivity (Wildman–Crippen MR) is 81.3 cm³/mol. The molecule has 0 saturated heterocycles. The number of nitrogens with one attached hydrogen (secondary N) is 3. The van der Waals surface area contributed by atoms with Crippen LogP contribution in [0, 0.1) is 0 Å². The molecule has 3 amide bonds. The van der Waals surface area contributed by atoms with Gasteiger partial charge >= 0.3 is 0 Å². The minimum absolute atomic E-state index is 0.0648. The Morgan fingerprint density at radius 1 is 1.05 bits per heavy atom. The van der Waals surface area contributed by atoms with Crippen LogP contribution < -0.4 is 26.4 Å². The van der Waals surface area contributed by atoms with E-state index >= 15 is 0 Å². The van der Waals surface area contributed by atoms with Gasteiger partial charge in [-0.05, 0) is 31.2 Å². The Kier molecular flexibility index (Phi) is 7.41. The van der Waals surface area contributed by atoms with Crippen molar-refractivity contribution in [2.75, 3.05) is 31.6 Å². The fourth-order valence-corrected chi connectivity index (χ4v) is 1.49. The Balaban J connectivity index is 2.39. The van der Waals surface area contributed by atoms with Crippen LogP contribution in [0.3, 0.4) is 0 Å². The van der Waals surface area contributed by atoms with Crippen molar-refractivity contribution in [3.63, 3.8) is 0 Å². The van der Waals surface area contributed by atoms with Gasteiger partial charge in [-0.1, -0.05) is 0 Å². The van der Waals surface area contributed by atoms with E-state index in [1.54, 1.807) is 24.3 Å². The molecule has 0 radical (unpaired) electrons. The zero-order valence-electron chi connectivity index (χ0n) is 12.3. The molecule has 0 heterocycles. The van der Waals surface area contributed by atoms with Crippen LogP contribution in [0.1, 0.15) is 6.92 Å². The molecular formula is C14H20N4O4. The monoisotopic (exact) mass is 308 g/mol. The summed E-state index contributed by atoms with van der Waals surface area (Å²) in [5.41, 5.74) is 5.66. The van der Waals surface area contributed by atoms with Crippen molar-refractivity contribution in [1.29, 1.82) is 0 Å². The van der Waals surface area contributed by atoms with Crippen molar-refractivity contribution in [3.05, 3.63) is 24.3 Å². The van der Waals surface area contributed by atoms with E-state index in [1.807, 2.05) is 6.92 Å². The Hall–Kier alpha value is -2.61. The van der Waals surface area contributed by atoms with Crippen molar-refractivity contribution in [2.24, 2.45) is 5.73 Å². The second-order valence-corrected chi connectivity index (χ2v) is 4.30. The van der Waals surface area contributed by atoms with Crippen molar-refractivity contribution in [3.8, 4) is 5.75 Å². The molecule has 0 spiro atoms. The number of ether oxygens (including phenoxy) is 1. The molecule has 8 nitrogen and oxygen atoms in total. The molecule has 0 atom stereocenters. The van der Waals surface area contributed by atoms with E-state index in [4.69, 9.17) is 10.5 Å². The summed E-state index contributed by atoms with van der Waals surface area (Å²) >= 11 is 0. The summed E-state index contributed by atoms with van der Waals surface area (Å²) in [7, 11) is 0. The summed E-state index contributed by atoms with van der Waals surface area (Å²) in [5, 5.41) is 7.58. The van der Waals surface area contributed by atoms with E-state index in [-0.39, 0.29) is 31.5 Å². The van der Waals surface area contributed by atoms with Gasteiger partial charge < -0.3 is 26.4 Å². The lowest BCUT2D eigenvalue weighted by atomic mass is 10.3. The van der Waals surface area contributed by atoms with Gasteiger partial charge in [0.15, 0.2) is 6.61 Å². The number of benzene rings is 1. The smallest absolute Gasteiger partial charge is 0.257 e. The maximum Gasteiger partial charge on any atom is 0.257 e. The lowest BCUT2D eigenvalue weighted by Crippen LogP contribution is -2.36. The molecule has 0 aliphatic carbocycles. The fourth-order valence-electron chi connectivity index (χ4n) is 1.49. The minimum atomic E-state index is -0.399. The number of carbonyl (C=O) groups is 3. The van der Waals surface area contributed by atoms with Gasteiger partial charge in [0.05, 0.1) is 13.1 Å². The van der Waals surface area contributed by atoms with Crippen LogP contribution in [0.4, 0.5) is 5.69 Å². The van der Waals surface area contributed by atoms with Gasteiger partial charge in [0.1, 0.15) is 5.75 Å². The van der Waals surface area contributed by atoms with E-state index < -0.39 is 5.91 Å². The number of hydrogen-bond donors (Lipinski definition) is 4. The topological polar surface area (TPSA) is 123 Å². The molecule has 0 bridgehead atoms. The van der Waals surface area contributed by atoms with E-state index in [0.717, 1.165) is 0 Å². The highest BCUT2D eigenvalue weighted by molar-refractivity contribution is 5.94. The van der Waals surface area contributed by atoms with Crippen molar-refractivity contribution < 1.29 is 19.1 Å². The van der Waals surface area contributed by atoms with E-state index in [0.29, 0.717) is 18.0 Å². The van der Waals surface area contributed by atoms with Gasteiger partial charge in [-0.25, -0.2) is 0 Å². The molecule has 0 unspecified atom stereocenters. The van der Waals surface area contributed by atoms with Crippen molar-refractivity contribution >= 4 is 23.4 Å². The van der Waals surface area contributed by atoms with Gasteiger partial charge in [0.25, 0.3) is 5.91 Å². The average molecular weight is 308 g/mol. The first-order chi connectivity index (χ1) is 10.5. The van der Waals surface area contributed by atoms with Crippen molar-refractivity contribution in [1.82, 2.24) is 10.6 Å². The summed E-state index contributed by atoms with van der Waals surface area (Å²) in [5.74, 6) is -0.446. The molecule has 1 rings (SSSR count). The molecule has 0 fully saturated rings. The quantitative estimate of drug-likeness (QED) is 0.501. The van der Waals surface area contributed by atoms with Gasteiger partial charge in [0, 0.05) is 12.2 Å². The standard InChI is InChI=1S/C14H20N4O4/c1-2-16-14(21)9-22-11-5-3-10(4-6-11)18-13(20)8-17-12(19)7-15/h3-6H,2,7-9,15H2,1H3,(H,16,21)(H,17,19)(H,18,20). The first kappa shape index (κ1) is 17.4. The molecule has 1 aromatic carbocycles. The Bertz CT molecular complexity index is 516. The highest BCUT2D eigenvalue weighted by Gasteiger charge is 2.05. The SMILES string of the molecule is CCNC(=O)COc1ccc(NC(=O)CNC(=O)CN)cc1. The number of anilines is 1. The normalized spacial score (nSPS) is 9.73. The van der Waals surface area contributed by atoms with Gasteiger partial charge in [-0.2, -0.15) is 0 Å². The van der Waals surface area contributed by atoms with Crippen LogP contribution in [-0.2, 0) is 14.4 Å². The fraction of sp³-hybridized carbons (Fsp3) is 0.357. The van der Waals surface area contributed by atoms with Gasteiger partial charge in [-0.15, -0.1) is 0 Å². The molecule has 1 aromatic rings. The number of likely N-dealkylation sites (N-methyl/N-ethyl adjacent to an activating group) is 1. The lowest BCUT2D eigenvalue weighted by Gasteiger charge is -2.08. The molecule has 5 N–H and O–H groups in total. The summed E-state index contributed by atoms with van der Waals surface area (Å²) < 4.78 is 5.28. The molecule has 0 aliphatic rings.